The molecule has 1 heterocycles. The van der Waals surface area contributed by atoms with Crippen molar-refractivity contribution in [2.45, 2.75) is 19.3 Å². The molecule has 0 bridgehead atoms. The number of nitrogens with one attached hydrogen (secondary N) is 1. The van der Waals surface area contributed by atoms with Gasteiger partial charge in [0.05, 0.1) is 6.00 Å². The van der Waals surface area contributed by atoms with E-state index in [1.54, 1.807) is 0 Å². The van der Waals surface area contributed by atoms with Crippen LogP contribution in [0.15, 0.2) is 24.4 Å². The molecule has 0 aliphatic rings. The largest absolute Gasteiger partial charge is 0.303 e. The van der Waals surface area contributed by atoms with Gasteiger partial charge in [-0.1, -0.05) is 19.9 Å². The highest BCUT2D eigenvalue weighted by molar-refractivity contribution is 6.17. The quantitative estimate of drug-likeness (QED) is 0.593. The van der Waals surface area contributed by atoms with Gasteiger partial charge in [-0.15, -0.1) is 11.6 Å². The molecule has 0 fully saturated rings. The Morgan fingerprint density at radius 2 is 2.23 bits per heavy atom. The Morgan fingerprint density at radius 1 is 1.46 bits per heavy atom. The minimum atomic E-state index is 0.0378. The van der Waals surface area contributed by atoms with Crippen molar-refractivity contribution < 1.29 is 0 Å². The fourth-order valence-corrected chi connectivity index (χ4v) is 1.31. The monoisotopic (exact) mass is 198 g/mol. The molecule has 0 saturated heterocycles. The molecular formula is C10H15ClN2. The number of hydrogen-bond donors (Lipinski definition) is 1. The summed E-state index contributed by atoms with van der Waals surface area (Å²) in [5.41, 5.74) is 1.13. The predicted octanol–water partition coefficient (Wildman–Crippen LogP) is 2.15. The molecule has 3 heteroatoms. The van der Waals surface area contributed by atoms with Crippen LogP contribution in [0.25, 0.3) is 0 Å². The maximum Gasteiger partial charge on any atom is 0.0713 e. The van der Waals surface area contributed by atoms with Gasteiger partial charge in [0.2, 0.25) is 0 Å². The van der Waals surface area contributed by atoms with Crippen molar-refractivity contribution in [2.24, 2.45) is 0 Å². The first-order valence-electron chi connectivity index (χ1n) is 4.35. The maximum absolute atomic E-state index is 5.56. The van der Waals surface area contributed by atoms with Gasteiger partial charge < -0.3 is 5.32 Å². The first-order chi connectivity index (χ1) is 6.17. The van der Waals surface area contributed by atoms with E-state index in [0.717, 1.165) is 12.2 Å². The van der Waals surface area contributed by atoms with Gasteiger partial charge in [0.15, 0.2) is 0 Å². The molecule has 0 radical (unpaired) electrons. The fraction of sp³-hybridized carbons (Fsp3) is 0.500. The van der Waals surface area contributed by atoms with Crippen LogP contribution in [0.1, 0.15) is 19.5 Å². The Balaban J connectivity index is 2.69. The van der Waals surface area contributed by atoms with Gasteiger partial charge in [-0.3, -0.25) is 4.98 Å². The van der Waals surface area contributed by atoms with Crippen molar-refractivity contribution in [1.29, 1.82) is 0 Å². The number of halogens is 1. The van der Waals surface area contributed by atoms with Crippen LogP contribution in [-0.4, -0.2) is 17.5 Å². The molecule has 0 atom stereocenters. The van der Waals surface area contributed by atoms with Gasteiger partial charge in [0.1, 0.15) is 0 Å². The zero-order valence-corrected chi connectivity index (χ0v) is 8.80. The van der Waals surface area contributed by atoms with E-state index in [2.05, 4.69) is 24.1 Å². The molecule has 0 saturated carbocycles. The lowest BCUT2D eigenvalue weighted by Gasteiger charge is -2.23. The summed E-state index contributed by atoms with van der Waals surface area (Å²) in [5, 5.41) is 3.11. The number of hydrogen-bond acceptors (Lipinski definition) is 2. The van der Waals surface area contributed by atoms with E-state index in [0.29, 0.717) is 6.00 Å². The second-order valence-electron chi connectivity index (χ2n) is 3.66. The van der Waals surface area contributed by atoms with Gasteiger partial charge in [-0.05, 0) is 12.1 Å². The van der Waals surface area contributed by atoms with Gasteiger partial charge in [0.25, 0.3) is 0 Å². The maximum atomic E-state index is 5.56. The van der Waals surface area contributed by atoms with Crippen LogP contribution in [-0.2, 0) is 5.41 Å². The average molecular weight is 199 g/mol. The van der Waals surface area contributed by atoms with Gasteiger partial charge in [0, 0.05) is 23.9 Å². The molecule has 0 unspecified atom stereocenters. The summed E-state index contributed by atoms with van der Waals surface area (Å²) in [6, 6.07) is 6.45. The van der Waals surface area contributed by atoms with E-state index in [-0.39, 0.29) is 5.41 Å². The lowest BCUT2D eigenvalue weighted by molar-refractivity contribution is 0.475. The molecule has 0 aliphatic heterocycles. The van der Waals surface area contributed by atoms with E-state index < -0.39 is 0 Å². The second kappa shape index (κ2) is 4.58. The lowest BCUT2D eigenvalue weighted by atomic mass is 9.89. The molecule has 0 amide bonds. The van der Waals surface area contributed by atoms with E-state index in [1.807, 2.05) is 24.4 Å². The topological polar surface area (TPSA) is 24.9 Å². The smallest absolute Gasteiger partial charge is 0.0713 e. The standard InChI is InChI=1S/C10H15ClN2/c1-10(2,7-12-8-11)9-5-3-4-6-13-9/h3-6,12H,7-8H2,1-2H3. The lowest BCUT2D eigenvalue weighted by Crippen LogP contribution is -2.33. The minimum absolute atomic E-state index is 0.0378. The average Bonchev–Trinajstić information content (AvgIpc) is 2.16. The number of nitrogens with zero attached hydrogens (tertiary/aromatic N) is 1. The third-order valence-corrected chi connectivity index (χ3v) is 2.21. The number of pyridine rings is 1. The molecule has 0 spiro atoms. The first kappa shape index (κ1) is 10.5. The van der Waals surface area contributed by atoms with Crippen molar-refractivity contribution in [2.75, 3.05) is 12.5 Å². The summed E-state index contributed by atoms with van der Waals surface area (Å²) in [4.78, 5) is 4.32. The Morgan fingerprint density at radius 3 is 2.77 bits per heavy atom. The third kappa shape index (κ3) is 2.98. The normalized spacial score (nSPS) is 11.6. The molecule has 72 valence electrons. The van der Waals surface area contributed by atoms with Gasteiger partial charge in [-0.2, -0.15) is 0 Å². The summed E-state index contributed by atoms with van der Waals surface area (Å²) in [6.07, 6.45) is 1.82. The molecule has 13 heavy (non-hydrogen) atoms. The summed E-state index contributed by atoms with van der Waals surface area (Å²) in [5.74, 6) is 0. The van der Waals surface area contributed by atoms with Crippen molar-refractivity contribution in [1.82, 2.24) is 10.3 Å². The highest BCUT2D eigenvalue weighted by atomic mass is 35.5. The van der Waals surface area contributed by atoms with E-state index in [4.69, 9.17) is 11.6 Å². The van der Waals surface area contributed by atoms with Crippen molar-refractivity contribution >= 4 is 11.6 Å². The van der Waals surface area contributed by atoms with Crippen LogP contribution in [0.5, 0.6) is 0 Å². The Kier molecular flexibility index (Phi) is 3.70. The Hall–Kier alpha value is -0.600. The molecule has 0 aliphatic carbocycles. The van der Waals surface area contributed by atoms with Crippen LogP contribution >= 0.6 is 11.6 Å². The minimum Gasteiger partial charge on any atom is -0.303 e. The molecule has 1 N–H and O–H groups in total. The van der Waals surface area contributed by atoms with Crippen LogP contribution in [0, 0.1) is 0 Å². The molecule has 1 rings (SSSR count). The number of aromatic nitrogens is 1. The summed E-state index contributed by atoms with van der Waals surface area (Å²) in [6.45, 7) is 5.14. The summed E-state index contributed by atoms with van der Waals surface area (Å²) in [7, 11) is 0. The number of rotatable bonds is 4. The summed E-state index contributed by atoms with van der Waals surface area (Å²) < 4.78 is 0. The second-order valence-corrected chi connectivity index (χ2v) is 3.93. The van der Waals surface area contributed by atoms with Crippen molar-refractivity contribution in [3.8, 4) is 0 Å². The van der Waals surface area contributed by atoms with Crippen LogP contribution < -0.4 is 5.32 Å². The van der Waals surface area contributed by atoms with Crippen molar-refractivity contribution in [3.05, 3.63) is 30.1 Å². The van der Waals surface area contributed by atoms with E-state index in [1.165, 1.54) is 0 Å². The van der Waals surface area contributed by atoms with Gasteiger partial charge in [-0.25, -0.2) is 0 Å². The van der Waals surface area contributed by atoms with Crippen molar-refractivity contribution in [3.63, 3.8) is 0 Å². The highest BCUT2D eigenvalue weighted by Crippen LogP contribution is 2.19. The molecular weight excluding hydrogens is 184 g/mol. The summed E-state index contributed by atoms with van der Waals surface area (Å²) >= 11 is 5.56. The van der Waals surface area contributed by atoms with Crippen LogP contribution in [0.3, 0.4) is 0 Å². The number of alkyl halides is 1. The fourth-order valence-electron chi connectivity index (χ4n) is 1.21. The van der Waals surface area contributed by atoms with Gasteiger partial charge >= 0.3 is 0 Å². The van der Waals surface area contributed by atoms with Crippen LogP contribution in [0.2, 0.25) is 0 Å². The van der Waals surface area contributed by atoms with E-state index in [9.17, 15) is 0 Å². The molecule has 1 aromatic heterocycles. The van der Waals surface area contributed by atoms with Crippen LogP contribution in [0.4, 0.5) is 0 Å². The highest BCUT2D eigenvalue weighted by Gasteiger charge is 2.20. The zero-order chi connectivity index (χ0) is 9.73. The first-order valence-corrected chi connectivity index (χ1v) is 4.88. The molecule has 2 nitrogen and oxygen atoms in total. The zero-order valence-electron chi connectivity index (χ0n) is 8.05. The van der Waals surface area contributed by atoms with E-state index >= 15 is 0 Å². The Labute approximate surface area is 84.3 Å². The Bertz CT molecular complexity index is 246. The third-order valence-electron chi connectivity index (χ3n) is 2.02. The molecule has 1 aromatic rings. The SMILES string of the molecule is CC(C)(CNCCl)c1ccccn1. The molecule has 0 aromatic carbocycles. The predicted molar refractivity (Wildman–Crippen MR) is 56.0 cm³/mol.